The molecular formula is C13H17NO4S. The lowest BCUT2D eigenvalue weighted by Crippen LogP contribution is -2.45. The summed E-state index contributed by atoms with van der Waals surface area (Å²) in [5.74, 6) is -0.998. The van der Waals surface area contributed by atoms with Crippen molar-refractivity contribution in [2.24, 2.45) is 0 Å². The molecule has 1 aromatic rings. The summed E-state index contributed by atoms with van der Waals surface area (Å²) in [5.41, 5.74) is 0.719. The van der Waals surface area contributed by atoms with Gasteiger partial charge in [0, 0.05) is 18.2 Å². The van der Waals surface area contributed by atoms with E-state index in [4.69, 9.17) is 0 Å². The van der Waals surface area contributed by atoms with E-state index < -0.39 is 27.3 Å². The molecule has 19 heavy (non-hydrogen) atoms. The lowest BCUT2D eigenvalue weighted by Gasteiger charge is -2.37. The Balaban J connectivity index is 2.79. The Morgan fingerprint density at radius 2 is 2.05 bits per heavy atom. The number of carboxylic acids is 1. The molecule has 1 atom stereocenters. The summed E-state index contributed by atoms with van der Waals surface area (Å²) in [6.07, 6.45) is 1.15. The lowest BCUT2D eigenvalue weighted by molar-refractivity contribution is -0.140. The predicted molar refractivity (Wildman–Crippen MR) is 71.0 cm³/mol. The minimum absolute atomic E-state index is 0.225. The first-order valence-electron chi connectivity index (χ1n) is 5.94. The summed E-state index contributed by atoms with van der Waals surface area (Å²) < 4.78 is 23.8. The topological polar surface area (TPSA) is 83.5 Å². The van der Waals surface area contributed by atoms with E-state index in [1.54, 1.807) is 18.2 Å². The van der Waals surface area contributed by atoms with Crippen LogP contribution in [0.5, 0.6) is 0 Å². The zero-order chi connectivity index (χ0) is 14.4. The quantitative estimate of drug-likeness (QED) is 0.849. The zero-order valence-electron chi connectivity index (χ0n) is 11.1. The van der Waals surface area contributed by atoms with Crippen molar-refractivity contribution in [3.05, 3.63) is 29.3 Å². The Bertz CT molecular complexity index is 634. The number of aliphatic carboxylic acids is 1. The molecule has 0 aromatic heterocycles. The number of fused-ring (bicyclic) bond motifs is 1. The molecule has 2 N–H and O–H groups in total. The van der Waals surface area contributed by atoms with E-state index in [1.165, 1.54) is 0 Å². The highest BCUT2D eigenvalue weighted by Crippen LogP contribution is 2.38. The number of carboxylic acid groups (broad SMARTS) is 1. The number of nitrogens with one attached hydrogen (secondary N) is 1. The van der Waals surface area contributed by atoms with E-state index in [2.05, 4.69) is 5.32 Å². The van der Waals surface area contributed by atoms with Crippen LogP contribution in [0.1, 0.15) is 31.0 Å². The van der Waals surface area contributed by atoms with E-state index in [9.17, 15) is 18.3 Å². The number of hydrogen-bond donors (Lipinski definition) is 2. The summed E-state index contributed by atoms with van der Waals surface area (Å²) in [4.78, 5) is 11.5. The largest absolute Gasteiger partial charge is 0.480 e. The fraction of sp³-hybridized carbons (Fsp3) is 0.462. The van der Waals surface area contributed by atoms with Gasteiger partial charge in [-0.3, -0.25) is 10.1 Å². The van der Waals surface area contributed by atoms with E-state index in [0.29, 0.717) is 17.7 Å². The van der Waals surface area contributed by atoms with Crippen LogP contribution in [0.2, 0.25) is 0 Å². The highest BCUT2D eigenvalue weighted by Gasteiger charge is 2.38. The van der Waals surface area contributed by atoms with Crippen LogP contribution in [0.25, 0.3) is 0 Å². The molecule has 0 saturated carbocycles. The first-order valence-corrected chi connectivity index (χ1v) is 7.83. The number of carbonyl (C=O) groups is 1. The molecule has 1 aliphatic heterocycles. The van der Waals surface area contributed by atoms with Gasteiger partial charge in [0.05, 0.1) is 4.90 Å². The second-order valence-electron chi connectivity index (χ2n) is 5.53. The third kappa shape index (κ3) is 2.37. The molecule has 0 radical (unpaired) electrons. The number of benzene rings is 1. The van der Waals surface area contributed by atoms with Gasteiger partial charge in [-0.2, -0.15) is 0 Å². The maximum absolute atomic E-state index is 11.9. The highest BCUT2D eigenvalue weighted by molar-refractivity contribution is 7.90. The molecule has 6 heteroatoms. The molecule has 1 aromatic carbocycles. The van der Waals surface area contributed by atoms with Gasteiger partial charge >= 0.3 is 5.97 Å². The van der Waals surface area contributed by atoms with E-state index in [0.717, 1.165) is 6.26 Å². The Hall–Kier alpha value is -1.40. The van der Waals surface area contributed by atoms with Crippen LogP contribution in [0.4, 0.5) is 0 Å². The van der Waals surface area contributed by atoms with Gasteiger partial charge < -0.3 is 5.11 Å². The van der Waals surface area contributed by atoms with Crippen molar-refractivity contribution in [1.29, 1.82) is 0 Å². The third-order valence-electron chi connectivity index (χ3n) is 3.44. The standard InChI is InChI=1S/C13H17NO4S/c1-13(2)7-14-11(12(15)16)8-5-4-6-9(10(8)13)19(3,17)18/h4-6,11,14H,7H2,1-3H3,(H,15,16). The van der Waals surface area contributed by atoms with Gasteiger partial charge in [-0.1, -0.05) is 26.0 Å². The summed E-state index contributed by atoms with van der Waals surface area (Å²) in [6, 6.07) is 3.95. The van der Waals surface area contributed by atoms with Crippen molar-refractivity contribution in [3.8, 4) is 0 Å². The molecule has 104 valence electrons. The van der Waals surface area contributed by atoms with Crippen LogP contribution in [0.15, 0.2) is 23.1 Å². The minimum atomic E-state index is -3.39. The number of sulfone groups is 1. The SMILES string of the molecule is CC1(C)CNC(C(=O)O)c2cccc(S(C)(=O)=O)c21. The molecule has 1 aliphatic rings. The third-order valence-corrected chi connectivity index (χ3v) is 4.58. The van der Waals surface area contributed by atoms with Gasteiger partial charge in [0.15, 0.2) is 9.84 Å². The smallest absolute Gasteiger partial charge is 0.325 e. The maximum atomic E-state index is 11.9. The zero-order valence-corrected chi connectivity index (χ0v) is 11.9. The van der Waals surface area contributed by atoms with Crippen molar-refractivity contribution in [2.45, 2.75) is 30.2 Å². The van der Waals surface area contributed by atoms with Gasteiger partial charge in [-0.25, -0.2) is 8.42 Å². The maximum Gasteiger partial charge on any atom is 0.325 e. The second-order valence-corrected chi connectivity index (χ2v) is 7.51. The van der Waals surface area contributed by atoms with Crippen molar-refractivity contribution >= 4 is 15.8 Å². The summed E-state index contributed by atoms with van der Waals surface area (Å²) >= 11 is 0. The van der Waals surface area contributed by atoms with Crippen molar-refractivity contribution in [2.75, 3.05) is 12.8 Å². The molecule has 0 spiro atoms. The molecule has 0 saturated heterocycles. The molecule has 0 fully saturated rings. The summed E-state index contributed by atoms with van der Waals surface area (Å²) in [7, 11) is -3.39. The highest BCUT2D eigenvalue weighted by atomic mass is 32.2. The van der Waals surface area contributed by atoms with Crippen LogP contribution >= 0.6 is 0 Å². The van der Waals surface area contributed by atoms with Gasteiger partial charge in [0.1, 0.15) is 6.04 Å². The number of rotatable bonds is 2. The summed E-state index contributed by atoms with van der Waals surface area (Å²) in [6.45, 7) is 4.24. The molecular weight excluding hydrogens is 266 g/mol. The Morgan fingerprint density at radius 1 is 1.42 bits per heavy atom. The minimum Gasteiger partial charge on any atom is -0.480 e. The number of hydrogen-bond acceptors (Lipinski definition) is 4. The molecule has 5 nitrogen and oxygen atoms in total. The van der Waals surface area contributed by atoms with Crippen LogP contribution < -0.4 is 5.32 Å². The lowest BCUT2D eigenvalue weighted by atomic mass is 9.76. The molecule has 2 rings (SSSR count). The molecule has 0 amide bonds. The molecule has 1 heterocycles. The van der Waals surface area contributed by atoms with Gasteiger partial charge in [0.2, 0.25) is 0 Å². The van der Waals surface area contributed by atoms with Crippen molar-refractivity contribution < 1.29 is 18.3 Å². The van der Waals surface area contributed by atoms with E-state index in [1.807, 2.05) is 13.8 Å². The Labute approximate surface area is 112 Å². The van der Waals surface area contributed by atoms with Crippen LogP contribution in [-0.2, 0) is 20.0 Å². The fourth-order valence-electron chi connectivity index (χ4n) is 2.60. The van der Waals surface area contributed by atoms with Crippen LogP contribution in [0.3, 0.4) is 0 Å². The molecule has 0 aliphatic carbocycles. The van der Waals surface area contributed by atoms with Gasteiger partial charge in [-0.05, 0) is 17.2 Å². The normalized spacial score (nSPS) is 21.7. The van der Waals surface area contributed by atoms with Crippen molar-refractivity contribution in [1.82, 2.24) is 5.32 Å². The van der Waals surface area contributed by atoms with Crippen LogP contribution in [0, 0.1) is 0 Å². The van der Waals surface area contributed by atoms with E-state index in [-0.39, 0.29) is 4.90 Å². The van der Waals surface area contributed by atoms with E-state index >= 15 is 0 Å². The first kappa shape index (κ1) is 14.0. The Kier molecular flexibility index (Phi) is 3.18. The average molecular weight is 283 g/mol. The summed E-state index contributed by atoms with van der Waals surface area (Å²) in [5, 5.41) is 12.2. The fourth-order valence-corrected chi connectivity index (χ4v) is 3.69. The first-order chi connectivity index (χ1) is 8.64. The van der Waals surface area contributed by atoms with Crippen LogP contribution in [-0.4, -0.2) is 32.3 Å². The Morgan fingerprint density at radius 3 is 2.58 bits per heavy atom. The predicted octanol–water partition coefficient (Wildman–Crippen LogP) is 1.10. The second kappa shape index (κ2) is 4.31. The van der Waals surface area contributed by atoms with Gasteiger partial charge in [-0.15, -0.1) is 0 Å². The van der Waals surface area contributed by atoms with Crippen molar-refractivity contribution in [3.63, 3.8) is 0 Å². The molecule has 1 unspecified atom stereocenters. The monoisotopic (exact) mass is 283 g/mol. The average Bonchev–Trinajstić information content (AvgIpc) is 2.26. The van der Waals surface area contributed by atoms with Gasteiger partial charge in [0.25, 0.3) is 0 Å². The molecule has 0 bridgehead atoms.